The Morgan fingerprint density at radius 1 is 1.25 bits per heavy atom. The summed E-state index contributed by atoms with van der Waals surface area (Å²) in [5.41, 5.74) is 0.611. The van der Waals surface area contributed by atoms with Crippen LogP contribution in [0.25, 0.3) is 21.3 Å². The van der Waals surface area contributed by atoms with Crippen LogP contribution in [0.3, 0.4) is 0 Å². The normalized spacial score (nSPS) is 11.0. The van der Waals surface area contributed by atoms with Crippen LogP contribution in [0.2, 0.25) is 5.02 Å². The van der Waals surface area contributed by atoms with Crippen molar-refractivity contribution in [2.75, 3.05) is 0 Å². The zero-order valence-electron chi connectivity index (χ0n) is 12.4. The average Bonchev–Trinajstić information content (AvgIpc) is 2.95. The Morgan fingerprint density at radius 3 is 2.62 bits per heavy atom. The van der Waals surface area contributed by atoms with E-state index in [1.807, 2.05) is 17.5 Å². The summed E-state index contributed by atoms with van der Waals surface area (Å²) in [5, 5.41) is 11.5. The predicted molar refractivity (Wildman–Crippen MR) is 94.0 cm³/mol. The fraction of sp³-hybridized carbons (Fsp3) is 0.188. The maximum atomic E-state index is 12.7. The van der Waals surface area contributed by atoms with Crippen LogP contribution < -0.4 is 11.2 Å². The molecule has 2 aromatic heterocycles. The van der Waals surface area contributed by atoms with Crippen LogP contribution in [0.5, 0.6) is 0 Å². The number of H-pyrrole nitrogens is 1. The van der Waals surface area contributed by atoms with E-state index in [9.17, 15) is 14.4 Å². The minimum Gasteiger partial charge on any atom is -0.481 e. The summed E-state index contributed by atoms with van der Waals surface area (Å²) in [6.45, 7) is 0.0618. The van der Waals surface area contributed by atoms with Crippen molar-refractivity contribution in [3.63, 3.8) is 0 Å². The molecule has 0 unspecified atom stereocenters. The highest BCUT2D eigenvalue weighted by atomic mass is 35.5. The highest BCUT2D eigenvalue weighted by molar-refractivity contribution is 7.17. The van der Waals surface area contributed by atoms with Crippen molar-refractivity contribution in [3.05, 3.63) is 55.5 Å². The molecule has 0 saturated carbocycles. The molecule has 24 heavy (non-hydrogen) atoms. The number of thiophene rings is 1. The van der Waals surface area contributed by atoms with Gasteiger partial charge in [-0.1, -0.05) is 23.7 Å². The fourth-order valence-electron chi connectivity index (χ4n) is 2.49. The predicted octanol–water partition coefficient (Wildman–Crippen LogP) is 2.94. The Balaban J connectivity index is 2.10. The highest BCUT2D eigenvalue weighted by Crippen LogP contribution is 2.30. The summed E-state index contributed by atoms with van der Waals surface area (Å²) < 4.78 is 1.05. The monoisotopic (exact) mass is 364 g/mol. The number of fused-ring (bicyclic) bond motifs is 1. The summed E-state index contributed by atoms with van der Waals surface area (Å²) in [5.74, 6) is -0.960. The molecule has 3 rings (SSSR count). The first-order valence-corrected chi connectivity index (χ1v) is 8.45. The number of carboxylic acid groups (broad SMARTS) is 1. The molecule has 3 aromatic rings. The second kappa shape index (κ2) is 6.62. The van der Waals surface area contributed by atoms with E-state index in [1.165, 1.54) is 11.3 Å². The number of rotatable bonds is 5. The van der Waals surface area contributed by atoms with Crippen LogP contribution >= 0.6 is 22.9 Å². The van der Waals surface area contributed by atoms with Crippen LogP contribution in [0, 0.1) is 0 Å². The minimum atomic E-state index is -0.960. The topological polar surface area (TPSA) is 92.2 Å². The SMILES string of the molecule is O=C(O)CCCn1c(=O)[nH]c2scc(-c3ccc(Cl)cc3)c2c1=O. The molecule has 0 radical (unpaired) electrons. The van der Waals surface area contributed by atoms with Crippen molar-refractivity contribution >= 4 is 39.1 Å². The number of hydrogen-bond donors (Lipinski definition) is 2. The van der Waals surface area contributed by atoms with Gasteiger partial charge in [0, 0.05) is 28.9 Å². The average molecular weight is 365 g/mol. The van der Waals surface area contributed by atoms with E-state index in [1.54, 1.807) is 12.1 Å². The Morgan fingerprint density at radius 2 is 1.96 bits per heavy atom. The standard InChI is InChI=1S/C16H13ClN2O4S/c17-10-5-3-9(4-6-10)11-8-24-14-13(11)15(22)19(16(23)18-14)7-1-2-12(20)21/h3-6,8H,1-2,7H2,(H,18,23)(H,20,21). The lowest BCUT2D eigenvalue weighted by atomic mass is 10.1. The molecule has 0 aliphatic carbocycles. The molecule has 0 aliphatic rings. The number of aromatic nitrogens is 2. The number of nitrogens with zero attached hydrogens (tertiary/aromatic N) is 1. The van der Waals surface area contributed by atoms with Gasteiger partial charge in [0.05, 0.1) is 5.39 Å². The van der Waals surface area contributed by atoms with Gasteiger partial charge < -0.3 is 5.11 Å². The van der Waals surface area contributed by atoms with Crippen LogP contribution in [0.15, 0.2) is 39.2 Å². The lowest BCUT2D eigenvalue weighted by Crippen LogP contribution is -2.34. The quantitative estimate of drug-likeness (QED) is 0.728. The van der Waals surface area contributed by atoms with Gasteiger partial charge in [0.1, 0.15) is 4.83 Å². The fourth-order valence-corrected chi connectivity index (χ4v) is 3.56. The number of aromatic amines is 1. The van der Waals surface area contributed by atoms with E-state index in [0.717, 1.165) is 15.7 Å². The number of aliphatic carboxylic acids is 1. The molecular formula is C16H13ClN2O4S. The molecular weight excluding hydrogens is 352 g/mol. The number of carbonyl (C=O) groups is 1. The van der Waals surface area contributed by atoms with Crippen molar-refractivity contribution in [2.24, 2.45) is 0 Å². The molecule has 2 N–H and O–H groups in total. The van der Waals surface area contributed by atoms with E-state index < -0.39 is 17.2 Å². The van der Waals surface area contributed by atoms with Gasteiger partial charge in [0.15, 0.2) is 0 Å². The molecule has 1 aromatic carbocycles. The number of benzene rings is 1. The summed E-state index contributed by atoms with van der Waals surface area (Å²) >= 11 is 7.18. The number of hydrogen-bond acceptors (Lipinski definition) is 4. The zero-order chi connectivity index (χ0) is 17.3. The highest BCUT2D eigenvalue weighted by Gasteiger charge is 2.15. The van der Waals surface area contributed by atoms with E-state index in [0.29, 0.717) is 15.2 Å². The first-order valence-electron chi connectivity index (χ1n) is 7.19. The molecule has 124 valence electrons. The first kappa shape index (κ1) is 16.5. The van der Waals surface area contributed by atoms with Gasteiger partial charge in [-0.2, -0.15) is 0 Å². The molecule has 0 aliphatic heterocycles. The maximum Gasteiger partial charge on any atom is 0.329 e. The molecule has 0 saturated heterocycles. The van der Waals surface area contributed by atoms with Gasteiger partial charge in [0.25, 0.3) is 5.56 Å². The Labute approximate surface area is 145 Å². The Bertz CT molecular complexity index is 1020. The summed E-state index contributed by atoms with van der Waals surface area (Å²) in [6, 6.07) is 7.08. The Hall–Kier alpha value is -2.38. The molecule has 0 amide bonds. The third kappa shape index (κ3) is 3.13. The Kier molecular flexibility index (Phi) is 4.55. The van der Waals surface area contributed by atoms with Crippen LogP contribution in [0.1, 0.15) is 12.8 Å². The van der Waals surface area contributed by atoms with Gasteiger partial charge >= 0.3 is 11.7 Å². The van der Waals surface area contributed by atoms with Gasteiger partial charge in [-0.3, -0.25) is 19.1 Å². The first-order chi connectivity index (χ1) is 11.5. The van der Waals surface area contributed by atoms with E-state index >= 15 is 0 Å². The van der Waals surface area contributed by atoms with E-state index in [4.69, 9.17) is 16.7 Å². The molecule has 2 heterocycles. The van der Waals surface area contributed by atoms with Gasteiger partial charge in [0.2, 0.25) is 0 Å². The smallest absolute Gasteiger partial charge is 0.329 e. The second-order valence-electron chi connectivity index (χ2n) is 5.24. The second-order valence-corrected chi connectivity index (χ2v) is 6.56. The zero-order valence-corrected chi connectivity index (χ0v) is 14.0. The van der Waals surface area contributed by atoms with Gasteiger partial charge in [-0.05, 0) is 24.1 Å². The third-order valence-corrected chi connectivity index (χ3v) is 4.79. The van der Waals surface area contributed by atoms with Crippen molar-refractivity contribution < 1.29 is 9.90 Å². The van der Waals surface area contributed by atoms with Crippen LogP contribution in [-0.4, -0.2) is 20.6 Å². The van der Waals surface area contributed by atoms with Crippen LogP contribution in [-0.2, 0) is 11.3 Å². The largest absolute Gasteiger partial charge is 0.481 e. The van der Waals surface area contributed by atoms with E-state index in [2.05, 4.69) is 4.98 Å². The van der Waals surface area contributed by atoms with Gasteiger partial charge in [-0.15, -0.1) is 11.3 Å². The molecule has 0 atom stereocenters. The molecule has 0 fully saturated rings. The molecule has 0 bridgehead atoms. The summed E-state index contributed by atoms with van der Waals surface area (Å²) in [7, 11) is 0. The van der Waals surface area contributed by atoms with E-state index in [-0.39, 0.29) is 19.4 Å². The van der Waals surface area contributed by atoms with Crippen molar-refractivity contribution in [1.82, 2.24) is 9.55 Å². The summed E-state index contributed by atoms with van der Waals surface area (Å²) in [4.78, 5) is 38.6. The molecule has 8 heteroatoms. The molecule has 6 nitrogen and oxygen atoms in total. The van der Waals surface area contributed by atoms with Crippen LogP contribution in [0.4, 0.5) is 0 Å². The van der Waals surface area contributed by atoms with Crippen molar-refractivity contribution in [1.29, 1.82) is 0 Å². The number of halogens is 1. The third-order valence-electron chi connectivity index (χ3n) is 3.64. The number of carboxylic acids is 1. The maximum absolute atomic E-state index is 12.7. The lowest BCUT2D eigenvalue weighted by molar-refractivity contribution is -0.137. The minimum absolute atomic E-state index is 0.0618. The summed E-state index contributed by atoms with van der Waals surface area (Å²) in [6.07, 6.45) is 0.113. The van der Waals surface area contributed by atoms with Gasteiger partial charge in [-0.25, -0.2) is 4.79 Å². The molecule has 0 spiro atoms. The lowest BCUT2D eigenvalue weighted by Gasteiger charge is -2.05. The van der Waals surface area contributed by atoms with Crippen molar-refractivity contribution in [2.45, 2.75) is 19.4 Å². The number of nitrogens with one attached hydrogen (secondary N) is 1. The van der Waals surface area contributed by atoms with Crippen molar-refractivity contribution in [3.8, 4) is 11.1 Å².